The van der Waals surface area contributed by atoms with Crippen LogP contribution in [-0.4, -0.2) is 36.4 Å². The van der Waals surface area contributed by atoms with Crippen LogP contribution < -0.4 is 9.47 Å². The Kier molecular flexibility index (Phi) is 14.7. The fraction of sp³-hybridized carbons (Fsp3) is 0.571. The van der Waals surface area contributed by atoms with E-state index in [-0.39, 0.29) is 0 Å². The fourth-order valence-corrected chi connectivity index (χ4v) is 3.36. The molecule has 0 atom stereocenters. The molecule has 0 aliphatic carbocycles. The standard InChI is InChI=1S/C28H42N2O3/c1-3-5-6-7-8-9-10-11-12-21-32-26-17-15-25(16-18-26)28-29-23-27(24-30-28)33-22-14-13-20-31-19-4-2/h11-12,15-18,23-24H,3-10,13-14,19-22H2,1-2H3/b12-11+. The second-order valence-electron chi connectivity index (χ2n) is 8.27. The average molecular weight is 455 g/mol. The highest BCUT2D eigenvalue weighted by molar-refractivity contribution is 5.56. The molecule has 0 unspecified atom stereocenters. The second kappa shape index (κ2) is 18.1. The zero-order chi connectivity index (χ0) is 23.4. The predicted molar refractivity (Wildman–Crippen MR) is 136 cm³/mol. The highest BCUT2D eigenvalue weighted by Gasteiger charge is 2.03. The van der Waals surface area contributed by atoms with Gasteiger partial charge in [0.05, 0.1) is 19.0 Å². The number of rotatable bonds is 19. The zero-order valence-electron chi connectivity index (χ0n) is 20.6. The molecule has 0 fully saturated rings. The van der Waals surface area contributed by atoms with E-state index < -0.39 is 0 Å². The zero-order valence-corrected chi connectivity index (χ0v) is 20.6. The Bertz CT molecular complexity index is 745. The molecule has 0 saturated carbocycles. The lowest BCUT2D eigenvalue weighted by Crippen LogP contribution is -2.02. The lowest BCUT2D eigenvalue weighted by Gasteiger charge is -2.07. The summed E-state index contributed by atoms with van der Waals surface area (Å²) in [6.45, 7) is 7.25. The van der Waals surface area contributed by atoms with Gasteiger partial charge in [-0.3, -0.25) is 0 Å². The topological polar surface area (TPSA) is 53.5 Å². The molecule has 0 amide bonds. The highest BCUT2D eigenvalue weighted by Crippen LogP contribution is 2.20. The third-order valence-corrected chi connectivity index (χ3v) is 5.28. The van der Waals surface area contributed by atoms with E-state index in [0.29, 0.717) is 24.8 Å². The molecule has 1 heterocycles. The lowest BCUT2D eigenvalue weighted by molar-refractivity contribution is 0.127. The van der Waals surface area contributed by atoms with Crippen molar-refractivity contribution in [2.24, 2.45) is 0 Å². The van der Waals surface area contributed by atoms with Crippen LogP contribution in [0.2, 0.25) is 0 Å². The van der Waals surface area contributed by atoms with Crippen LogP contribution in [0.3, 0.4) is 0 Å². The molecular weight excluding hydrogens is 412 g/mol. The quantitative estimate of drug-likeness (QED) is 0.163. The number of allylic oxidation sites excluding steroid dienone is 1. The lowest BCUT2D eigenvalue weighted by atomic mass is 10.1. The van der Waals surface area contributed by atoms with Crippen molar-refractivity contribution in [2.75, 3.05) is 26.4 Å². The Morgan fingerprint density at radius 1 is 0.667 bits per heavy atom. The van der Waals surface area contributed by atoms with Gasteiger partial charge >= 0.3 is 0 Å². The minimum absolute atomic E-state index is 0.600. The molecule has 0 aliphatic heterocycles. The first kappa shape index (κ1) is 26.8. The molecule has 0 aliphatic rings. The molecule has 2 aromatic rings. The molecule has 1 aromatic carbocycles. The minimum atomic E-state index is 0.600. The molecular formula is C28H42N2O3. The predicted octanol–water partition coefficient (Wildman–Crippen LogP) is 7.41. The largest absolute Gasteiger partial charge is 0.490 e. The van der Waals surface area contributed by atoms with Gasteiger partial charge in [0, 0.05) is 18.8 Å². The maximum atomic E-state index is 5.80. The van der Waals surface area contributed by atoms with Gasteiger partial charge in [0.1, 0.15) is 12.4 Å². The van der Waals surface area contributed by atoms with Crippen molar-refractivity contribution in [3.63, 3.8) is 0 Å². The van der Waals surface area contributed by atoms with Crippen LogP contribution in [0, 0.1) is 0 Å². The summed E-state index contributed by atoms with van der Waals surface area (Å²) < 4.78 is 17.0. The molecule has 33 heavy (non-hydrogen) atoms. The van der Waals surface area contributed by atoms with Gasteiger partial charge in [0.2, 0.25) is 0 Å². The summed E-state index contributed by atoms with van der Waals surface area (Å²) in [6.07, 6.45) is 20.0. The first-order valence-corrected chi connectivity index (χ1v) is 12.7. The van der Waals surface area contributed by atoms with Crippen molar-refractivity contribution in [1.82, 2.24) is 9.97 Å². The summed E-state index contributed by atoms with van der Waals surface area (Å²) in [6, 6.07) is 7.90. The van der Waals surface area contributed by atoms with E-state index in [4.69, 9.17) is 14.2 Å². The molecule has 5 heteroatoms. The molecule has 0 N–H and O–H groups in total. The monoisotopic (exact) mass is 454 g/mol. The number of nitrogens with zero attached hydrogens (tertiary/aromatic N) is 2. The summed E-state index contributed by atoms with van der Waals surface area (Å²) in [5.74, 6) is 2.23. The Morgan fingerprint density at radius 3 is 2.15 bits per heavy atom. The summed E-state index contributed by atoms with van der Waals surface area (Å²) in [4.78, 5) is 8.87. The molecule has 1 aromatic heterocycles. The van der Waals surface area contributed by atoms with Crippen LogP contribution in [-0.2, 0) is 4.74 Å². The van der Waals surface area contributed by atoms with Crippen LogP contribution in [0.25, 0.3) is 11.4 Å². The Morgan fingerprint density at radius 2 is 1.39 bits per heavy atom. The van der Waals surface area contributed by atoms with Crippen molar-refractivity contribution >= 4 is 0 Å². The molecule has 2 rings (SSSR count). The van der Waals surface area contributed by atoms with E-state index in [2.05, 4.69) is 36.0 Å². The smallest absolute Gasteiger partial charge is 0.159 e. The van der Waals surface area contributed by atoms with Crippen molar-refractivity contribution in [3.05, 3.63) is 48.8 Å². The maximum absolute atomic E-state index is 5.80. The number of hydrogen-bond acceptors (Lipinski definition) is 5. The average Bonchev–Trinajstić information content (AvgIpc) is 2.85. The van der Waals surface area contributed by atoms with Crippen LogP contribution in [0.15, 0.2) is 48.8 Å². The number of ether oxygens (including phenoxy) is 3. The Hall–Kier alpha value is -2.40. The van der Waals surface area contributed by atoms with Crippen LogP contribution in [0.5, 0.6) is 11.5 Å². The Balaban J connectivity index is 1.62. The van der Waals surface area contributed by atoms with Crippen molar-refractivity contribution < 1.29 is 14.2 Å². The third-order valence-electron chi connectivity index (χ3n) is 5.28. The van der Waals surface area contributed by atoms with Gasteiger partial charge in [-0.25, -0.2) is 9.97 Å². The fourth-order valence-electron chi connectivity index (χ4n) is 3.36. The summed E-state index contributed by atoms with van der Waals surface area (Å²) >= 11 is 0. The van der Waals surface area contributed by atoms with Crippen LogP contribution in [0.4, 0.5) is 0 Å². The maximum Gasteiger partial charge on any atom is 0.159 e. The van der Waals surface area contributed by atoms with Gasteiger partial charge < -0.3 is 14.2 Å². The number of aromatic nitrogens is 2. The number of unbranched alkanes of at least 4 members (excludes halogenated alkanes) is 7. The van der Waals surface area contributed by atoms with Crippen molar-refractivity contribution in [3.8, 4) is 22.9 Å². The van der Waals surface area contributed by atoms with E-state index in [1.807, 2.05) is 24.3 Å². The van der Waals surface area contributed by atoms with Crippen LogP contribution >= 0.6 is 0 Å². The van der Waals surface area contributed by atoms with Crippen molar-refractivity contribution in [1.29, 1.82) is 0 Å². The first-order valence-electron chi connectivity index (χ1n) is 12.7. The van der Waals surface area contributed by atoms with E-state index in [9.17, 15) is 0 Å². The minimum Gasteiger partial charge on any atom is -0.490 e. The number of benzene rings is 1. The van der Waals surface area contributed by atoms with Gasteiger partial charge in [0.25, 0.3) is 0 Å². The van der Waals surface area contributed by atoms with Gasteiger partial charge in [0.15, 0.2) is 11.6 Å². The van der Waals surface area contributed by atoms with Gasteiger partial charge in [-0.1, -0.05) is 58.1 Å². The SMILES string of the molecule is CCCCCCCC/C=C/COc1ccc(-c2ncc(OCCCCOCCC)cn2)cc1. The van der Waals surface area contributed by atoms with Crippen molar-refractivity contribution in [2.45, 2.75) is 78.1 Å². The van der Waals surface area contributed by atoms with Gasteiger partial charge in [-0.2, -0.15) is 0 Å². The van der Waals surface area contributed by atoms with E-state index >= 15 is 0 Å². The van der Waals surface area contributed by atoms with E-state index in [1.54, 1.807) is 12.4 Å². The highest BCUT2D eigenvalue weighted by atomic mass is 16.5. The van der Waals surface area contributed by atoms with Gasteiger partial charge in [-0.05, 0) is 56.4 Å². The Labute approximate surface area is 200 Å². The molecule has 0 spiro atoms. The molecule has 5 nitrogen and oxygen atoms in total. The van der Waals surface area contributed by atoms with E-state index in [0.717, 1.165) is 50.2 Å². The third kappa shape index (κ3) is 12.4. The number of hydrogen-bond donors (Lipinski definition) is 0. The van der Waals surface area contributed by atoms with E-state index in [1.165, 1.54) is 38.5 Å². The first-order chi connectivity index (χ1) is 16.3. The molecule has 0 saturated heterocycles. The van der Waals surface area contributed by atoms with Gasteiger partial charge in [-0.15, -0.1) is 0 Å². The summed E-state index contributed by atoms with van der Waals surface area (Å²) in [7, 11) is 0. The molecule has 0 bridgehead atoms. The normalized spacial score (nSPS) is 11.2. The molecule has 0 radical (unpaired) electrons. The summed E-state index contributed by atoms with van der Waals surface area (Å²) in [5, 5.41) is 0. The second-order valence-corrected chi connectivity index (χ2v) is 8.27. The van der Waals surface area contributed by atoms with Crippen LogP contribution in [0.1, 0.15) is 78.1 Å². The molecule has 182 valence electrons. The summed E-state index contributed by atoms with van der Waals surface area (Å²) in [5.41, 5.74) is 0.959.